The van der Waals surface area contributed by atoms with E-state index in [0.29, 0.717) is 38.9 Å². The number of nitrogens with one attached hydrogen (secondary N) is 2. The molecule has 1 atom stereocenters. The molecule has 1 saturated heterocycles. The lowest BCUT2D eigenvalue weighted by Gasteiger charge is -2.32. The molecule has 2 aliphatic rings. The maximum Gasteiger partial charge on any atom is 0.315 e. The third-order valence-corrected chi connectivity index (χ3v) is 4.88. The SMILES string of the molecule is O=C(NCC1CC(=O)N(Cc2ccccc2)C1)NC1CC(C(=O)O)C1. The summed E-state index contributed by atoms with van der Waals surface area (Å²) >= 11 is 0. The standard InChI is InChI=1S/C18H23N3O4/c22-16-6-13(11-21(16)10-12-4-2-1-3-5-12)9-19-18(25)20-15-7-14(8-15)17(23)24/h1-5,13-15H,6-11H2,(H,23,24)(H2,19,20,25). The van der Waals surface area contributed by atoms with Gasteiger partial charge in [-0.2, -0.15) is 0 Å². The molecule has 1 aliphatic carbocycles. The fraction of sp³-hybridized carbons (Fsp3) is 0.500. The van der Waals surface area contributed by atoms with Crippen molar-refractivity contribution in [2.45, 2.75) is 31.8 Å². The topological polar surface area (TPSA) is 98.7 Å². The van der Waals surface area contributed by atoms with Crippen molar-refractivity contribution in [2.24, 2.45) is 11.8 Å². The molecule has 2 fully saturated rings. The lowest BCUT2D eigenvalue weighted by atomic mass is 9.80. The van der Waals surface area contributed by atoms with E-state index in [1.54, 1.807) is 0 Å². The van der Waals surface area contributed by atoms with Crippen LogP contribution in [0, 0.1) is 11.8 Å². The highest BCUT2D eigenvalue weighted by Crippen LogP contribution is 2.27. The first-order valence-corrected chi connectivity index (χ1v) is 8.60. The minimum atomic E-state index is -0.804. The molecular weight excluding hydrogens is 322 g/mol. The number of carboxylic acid groups (broad SMARTS) is 1. The Morgan fingerprint density at radius 2 is 1.92 bits per heavy atom. The van der Waals surface area contributed by atoms with E-state index < -0.39 is 5.97 Å². The molecule has 3 amide bonds. The summed E-state index contributed by atoms with van der Waals surface area (Å²) < 4.78 is 0. The summed E-state index contributed by atoms with van der Waals surface area (Å²) in [5, 5.41) is 14.4. The molecule has 7 heteroatoms. The molecule has 3 rings (SSSR count). The van der Waals surface area contributed by atoms with E-state index in [9.17, 15) is 14.4 Å². The molecule has 1 aliphatic heterocycles. The Bertz CT molecular complexity index is 643. The summed E-state index contributed by atoms with van der Waals surface area (Å²) in [6.45, 7) is 1.68. The maximum atomic E-state index is 12.1. The van der Waals surface area contributed by atoms with Crippen molar-refractivity contribution in [3.8, 4) is 0 Å². The average molecular weight is 345 g/mol. The Kier molecular flexibility index (Phi) is 5.21. The predicted molar refractivity (Wildman–Crippen MR) is 90.6 cm³/mol. The number of likely N-dealkylation sites (tertiary alicyclic amines) is 1. The molecule has 134 valence electrons. The maximum absolute atomic E-state index is 12.1. The lowest BCUT2D eigenvalue weighted by Crippen LogP contribution is -2.50. The second-order valence-corrected chi connectivity index (χ2v) is 6.89. The van der Waals surface area contributed by atoms with Gasteiger partial charge in [-0.1, -0.05) is 30.3 Å². The van der Waals surface area contributed by atoms with Crippen LogP contribution in [0.1, 0.15) is 24.8 Å². The van der Waals surface area contributed by atoms with E-state index in [1.165, 1.54) is 0 Å². The molecule has 1 saturated carbocycles. The largest absolute Gasteiger partial charge is 0.481 e. The molecular formula is C18H23N3O4. The van der Waals surface area contributed by atoms with Crippen LogP contribution in [0.25, 0.3) is 0 Å². The second kappa shape index (κ2) is 7.55. The summed E-state index contributed by atoms with van der Waals surface area (Å²) in [5.74, 6) is -0.930. The third-order valence-electron chi connectivity index (χ3n) is 4.88. The molecule has 1 aromatic rings. The minimum absolute atomic E-state index is 0.0686. The number of hydrogen-bond acceptors (Lipinski definition) is 3. The van der Waals surface area contributed by atoms with Crippen LogP contribution in [0.5, 0.6) is 0 Å². The second-order valence-electron chi connectivity index (χ2n) is 6.89. The summed E-state index contributed by atoms with van der Waals surface area (Å²) in [7, 11) is 0. The van der Waals surface area contributed by atoms with Crippen LogP contribution in [0.15, 0.2) is 30.3 Å². The number of carbonyl (C=O) groups is 3. The zero-order valence-electron chi connectivity index (χ0n) is 14.0. The molecule has 7 nitrogen and oxygen atoms in total. The van der Waals surface area contributed by atoms with Gasteiger partial charge in [0.2, 0.25) is 5.91 Å². The Morgan fingerprint density at radius 1 is 1.20 bits per heavy atom. The molecule has 1 heterocycles. The molecule has 0 aromatic heterocycles. The van der Waals surface area contributed by atoms with Gasteiger partial charge in [0.15, 0.2) is 0 Å². The van der Waals surface area contributed by atoms with Gasteiger partial charge in [0.1, 0.15) is 0 Å². The highest BCUT2D eigenvalue weighted by molar-refractivity contribution is 5.79. The predicted octanol–water partition coefficient (Wildman–Crippen LogP) is 1.20. The Morgan fingerprint density at radius 3 is 2.60 bits per heavy atom. The number of aliphatic carboxylic acids is 1. The van der Waals surface area contributed by atoms with Gasteiger partial charge in [-0.05, 0) is 18.4 Å². The molecule has 0 bridgehead atoms. The number of nitrogens with zero attached hydrogens (tertiary/aromatic N) is 1. The van der Waals surface area contributed by atoms with Gasteiger partial charge in [0.25, 0.3) is 0 Å². The molecule has 1 unspecified atom stereocenters. The minimum Gasteiger partial charge on any atom is -0.481 e. The average Bonchev–Trinajstić information content (AvgIpc) is 2.89. The summed E-state index contributed by atoms with van der Waals surface area (Å²) in [6.07, 6.45) is 1.41. The van der Waals surface area contributed by atoms with E-state index in [-0.39, 0.29) is 29.8 Å². The summed E-state index contributed by atoms with van der Waals surface area (Å²) in [6, 6.07) is 9.48. The van der Waals surface area contributed by atoms with Crippen molar-refractivity contribution in [1.82, 2.24) is 15.5 Å². The zero-order valence-corrected chi connectivity index (χ0v) is 14.0. The monoisotopic (exact) mass is 345 g/mol. The van der Waals surface area contributed by atoms with Crippen molar-refractivity contribution >= 4 is 17.9 Å². The quantitative estimate of drug-likeness (QED) is 0.721. The van der Waals surface area contributed by atoms with Crippen LogP contribution in [0.3, 0.4) is 0 Å². The first kappa shape index (κ1) is 17.3. The Hall–Kier alpha value is -2.57. The van der Waals surface area contributed by atoms with E-state index >= 15 is 0 Å². The highest BCUT2D eigenvalue weighted by atomic mass is 16.4. The highest BCUT2D eigenvalue weighted by Gasteiger charge is 2.35. The number of hydrogen-bond donors (Lipinski definition) is 3. The van der Waals surface area contributed by atoms with Gasteiger partial charge in [0.05, 0.1) is 5.92 Å². The third kappa shape index (κ3) is 4.49. The van der Waals surface area contributed by atoms with Crippen LogP contribution in [-0.4, -0.2) is 47.0 Å². The Labute approximate surface area is 146 Å². The van der Waals surface area contributed by atoms with Gasteiger partial charge in [-0.25, -0.2) is 4.79 Å². The van der Waals surface area contributed by atoms with Gasteiger partial charge in [-0.15, -0.1) is 0 Å². The zero-order chi connectivity index (χ0) is 17.8. The molecule has 3 N–H and O–H groups in total. The number of rotatable bonds is 6. The van der Waals surface area contributed by atoms with Crippen LogP contribution in [0.4, 0.5) is 4.79 Å². The molecule has 0 radical (unpaired) electrons. The number of benzene rings is 1. The molecule has 0 spiro atoms. The Balaban J connectivity index is 1.37. The fourth-order valence-electron chi connectivity index (χ4n) is 3.36. The summed E-state index contributed by atoms with van der Waals surface area (Å²) in [4.78, 5) is 36.5. The first-order valence-electron chi connectivity index (χ1n) is 8.60. The fourth-order valence-corrected chi connectivity index (χ4v) is 3.36. The molecule has 25 heavy (non-hydrogen) atoms. The van der Waals surface area contributed by atoms with Crippen LogP contribution in [0.2, 0.25) is 0 Å². The normalized spacial score (nSPS) is 25.4. The van der Waals surface area contributed by atoms with Gasteiger partial charge in [0, 0.05) is 38.0 Å². The number of carbonyl (C=O) groups excluding carboxylic acids is 2. The molecule has 1 aromatic carbocycles. The van der Waals surface area contributed by atoms with Gasteiger partial charge in [-0.3, -0.25) is 9.59 Å². The van der Waals surface area contributed by atoms with E-state index in [4.69, 9.17) is 5.11 Å². The number of carboxylic acids is 1. The van der Waals surface area contributed by atoms with E-state index in [2.05, 4.69) is 10.6 Å². The van der Waals surface area contributed by atoms with Crippen molar-refractivity contribution < 1.29 is 19.5 Å². The van der Waals surface area contributed by atoms with Gasteiger partial charge < -0.3 is 20.6 Å². The summed E-state index contributed by atoms with van der Waals surface area (Å²) in [5.41, 5.74) is 1.10. The van der Waals surface area contributed by atoms with Gasteiger partial charge >= 0.3 is 12.0 Å². The van der Waals surface area contributed by atoms with Crippen LogP contribution >= 0.6 is 0 Å². The number of urea groups is 1. The van der Waals surface area contributed by atoms with E-state index in [0.717, 1.165) is 5.56 Å². The smallest absolute Gasteiger partial charge is 0.315 e. The number of amides is 3. The van der Waals surface area contributed by atoms with Crippen molar-refractivity contribution in [2.75, 3.05) is 13.1 Å². The van der Waals surface area contributed by atoms with Crippen molar-refractivity contribution in [3.05, 3.63) is 35.9 Å². The van der Waals surface area contributed by atoms with Crippen molar-refractivity contribution in [1.29, 1.82) is 0 Å². The van der Waals surface area contributed by atoms with Crippen molar-refractivity contribution in [3.63, 3.8) is 0 Å². The lowest BCUT2D eigenvalue weighted by molar-refractivity contribution is -0.145. The van der Waals surface area contributed by atoms with E-state index in [1.807, 2.05) is 35.2 Å². The van der Waals surface area contributed by atoms with Crippen LogP contribution in [-0.2, 0) is 16.1 Å². The first-order chi connectivity index (χ1) is 12.0. The van der Waals surface area contributed by atoms with Crippen LogP contribution < -0.4 is 10.6 Å².